The maximum Gasteiger partial charge on any atom is 0.413 e. The predicted octanol–water partition coefficient (Wildman–Crippen LogP) is -0.837. The average Bonchev–Trinajstić information content (AvgIpc) is 2.21. The molecule has 1 unspecified atom stereocenters. The van der Waals surface area contributed by atoms with E-state index in [1.165, 1.54) is 7.11 Å². The van der Waals surface area contributed by atoms with Gasteiger partial charge in [0.1, 0.15) is 0 Å². The van der Waals surface area contributed by atoms with E-state index < -0.39 is 6.09 Å². The number of imide groups is 1. The maximum atomic E-state index is 11.4. The summed E-state index contributed by atoms with van der Waals surface area (Å²) < 4.78 is 4.34. The largest absolute Gasteiger partial charge is 0.453 e. The van der Waals surface area contributed by atoms with Gasteiger partial charge in [-0.3, -0.25) is 15.0 Å². The average molecular weight is 215 g/mol. The molecular formula is C9H17N3O3. The van der Waals surface area contributed by atoms with Crippen molar-refractivity contribution in [1.82, 2.24) is 15.5 Å². The second-order valence-corrected chi connectivity index (χ2v) is 3.56. The zero-order valence-corrected chi connectivity index (χ0v) is 9.08. The Balaban J connectivity index is 2.33. The van der Waals surface area contributed by atoms with Crippen molar-refractivity contribution in [3.8, 4) is 0 Å². The Bertz CT molecular complexity index is 245. The minimum Gasteiger partial charge on any atom is -0.453 e. The van der Waals surface area contributed by atoms with Crippen molar-refractivity contribution in [1.29, 1.82) is 0 Å². The molecule has 0 radical (unpaired) electrons. The van der Waals surface area contributed by atoms with Crippen LogP contribution >= 0.6 is 0 Å². The lowest BCUT2D eigenvalue weighted by Gasteiger charge is -2.32. The summed E-state index contributed by atoms with van der Waals surface area (Å²) in [5.74, 6) is -0.324. The fourth-order valence-electron chi connectivity index (χ4n) is 1.51. The van der Waals surface area contributed by atoms with Crippen molar-refractivity contribution in [2.75, 3.05) is 33.3 Å². The molecule has 1 fully saturated rings. The fourth-order valence-corrected chi connectivity index (χ4v) is 1.51. The van der Waals surface area contributed by atoms with Gasteiger partial charge in [0.2, 0.25) is 5.91 Å². The van der Waals surface area contributed by atoms with E-state index in [0.717, 1.165) is 19.6 Å². The molecule has 1 heterocycles. The van der Waals surface area contributed by atoms with Crippen LogP contribution in [0.5, 0.6) is 0 Å². The first-order valence-electron chi connectivity index (χ1n) is 4.96. The summed E-state index contributed by atoms with van der Waals surface area (Å²) in [5.41, 5.74) is 0. The smallest absolute Gasteiger partial charge is 0.413 e. The van der Waals surface area contributed by atoms with Gasteiger partial charge < -0.3 is 10.1 Å². The molecule has 2 N–H and O–H groups in total. The topological polar surface area (TPSA) is 70.7 Å². The van der Waals surface area contributed by atoms with Crippen LogP contribution in [0.2, 0.25) is 0 Å². The Hall–Kier alpha value is -1.14. The number of ether oxygens (including phenoxy) is 1. The standard InChI is InChI=1S/C9H17N3O3/c1-7-5-10-3-4-12(7)6-8(13)11-9(14)15-2/h7,10H,3-6H2,1-2H3,(H,11,13,14). The van der Waals surface area contributed by atoms with Gasteiger partial charge in [0.15, 0.2) is 0 Å². The zero-order valence-electron chi connectivity index (χ0n) is 9.08. The summed E-state index contributed by atoms with van der Waals surface area (Å²) >= 11 is 0. The minimum absolute atomic E-state index is 0.234. The molecule has 6 heteroatoms. The second kappa shape index (κ2) is 5.67. The van der Waals surface area contributed by atoms with Crippen molar-refractivity contribution in [2.24, 2.45) is 0 Å². The maximum absolute atomic E-state index is 11.4. The number of amides is 2. The van der Waals surface area contributed by atoms with E-state index in [2.05, 4.69) is 15.4 Å². The molecule has 2 amide bonds. The lowest BCUT2D eigenvalue weighted by molar-refractivity contribution is -0.122. The highest BCUT2D eigenvalue weighted by Gasteiger charge is 2.20. The van der Waals surface area contributed by atoms with Crippen LogP contribution < -0.4 is 10.6 Å². The molecule has 1 aliphatic rings. The Morgan fingerprint density at radius 1 is 1.60 bits per heavy atom. The SMILES string of the molecule is COC(=O)NC(=O)CN1CCNCC1C. The first-order chi connectivity index (χ1) is 7.13. The summed E-state index contributed by atoms with van der Waals surface area (Å²) in [4.78, 5) is 24.1. The number of carbonyl (C=O) groups excluding carboxylic acids is 2. The molecule has 0 aliphatic carbocycles. The summed E-state index contributed by atoms with van der Waals surface area (Å²) in [7, 11) is 1.23. The fraction of sp³-hybridized carbons (Fsp3) is 0.778. The van der Waals surface area contributed by atoms with Crippen LogP contribution in [0.4, 0.5) is 4.79 Å². The van der Waals surface area contributed by atoms with Crippen molar-refractivity contribution in [3.05, 3.63) is 0 Å². The van der Waals surface area contributed by atoms with Crippen molar-refractivity contribution < 1.29 is 14.3 Å². The lowest BCUT2D eigenvalue weighted by Crippen LogP contribution is -2.53. The molecule has 6 nitrogen and oxygen atoms in total. The van der Waals surface area contributed by atoms with Gasteiger partial charge in [0.05, 0.1) is 13.7 Å². The molecule has 0 spiro atoms. The first-order valence-corrected chi connectivity index (χ1v) is 4.96. The third-order valence-corrected chi connectivity index (χ3v) is 2.41. The van der Waals surface area contributed by atoms with Crippen LogP contribution in [-0.4, -0.2) is 56.2 Å². The van der Waals surface area contributed by atoms with E-state index in [0.29, 0.717) is 6.04 Å². The number of nitrogens with one attached hydrogen (secondary N) is 2. The van der Waals surface area contributed by atoms with Crippen molar-refractivity contribution >= 4 is 12.0 Å². The predicted molar refractivity (Wildman–Crippen MR) is 54.5 cm³/mol. The first kappa shape index (κ1) is 11.9. The van der Waals surface area contributed by atoms with E-state index in [-0.39, 0.29) is 12.5 Å². The van der Waals surface area contributed by atoms with Crippen molar-refractivity contribution in [2.45, 2.75) is 13.0 Å². The molecule has 0 aromatic rings. The van der Waals surface area contributed by atoms with Crippen LogP contribution in [0.3, 0.4) is 0 Å². The normalized spacial score (nSPS) is 22.1. The van der Waals surface area contributed by atoms with Crippen LogP contribution in [-0.2, 0) is 9.53 Å². The number of piperazine rings is 1. The third-order valence-electron chi connectivity index (χ3n) is 2.41. The van der Waals surface area contributed by atoms with Crippen LogP contribution in [0.15, 0.2) is 0 Å². The summed E-state index contributed by atoms with van der Waals surface area (Å²) in [5, 5.41) is 5.36. The van der Waals surface area contributed by atoms with E-state index >= 15 is 0 Å². The van der Waals surface area contributed by atoms with Gasteiger partial charge in [0.25, 0.3) is 0 Å². The number of nitrogens with zero attached hydrogens (tertiary/aromatic N) is 1. The van der Waals surface area contributed by atoms with Gasteiger partial charge in [0, 0.05) is 25.7 Å². The Labute approximate surface area is 88.9 Å². The van der Waals surface area contributed by atoms with Gasteiger partial charge in [-0.05, 0) is 6.92 Å². The summed E-state index contributed by atoms with van der Waals surface area (Å²) in [6.07, 6.45) is -0.706. The number of rotatable bonds is 2. The van der Waals surface area contributed by atoms with Crippen LogP contribution in [0.1, 0.15) is 6.92 Å². The molecule has 15 heavy (non-hydrogen) atoms. The van der Waals surface area contributed by atoms with Crippen LogP contribution in [0, 0.1) is 0 Å². The minimum atomic E-state index is -0.706. The summed E-state index contributed by atoms with van der Waals surface area (Å²) in [6, 6.07) is 0.308. The highest BCUT2D eigenvalue weighted by Crippen LogP contribution is 2.00. The Morgan fingerprint density at radius 2 is 2.33 bits per heavy atom. The van der Waals surface area contributed by atoms with Crippen LogP contribution in [0.25, 0.3) is 0 Å². The Morgan fingerprint density at radius 3 is 2.93 bits per heavy atom. The third kappa shape index (κ3) is 3.85. The molecule has 1 rings (SSSR count). The second-order valence-electron chi connectivity index (χ2n) is 3.56. The number of methoxy groups -OCH3 is 1. The Kier molecular flexibility index (Phi) is 4.51. The van der Waals surface area contributed by atoms with Gasteiger partial charge in [-0.15, -0.1) is 0 Å². The summed E-state index contributed by atoms with van der Waals surface area (Å²) in [6.45, 7) is 4.83. The van der Waals surface area contributed by atoms with Gasteiger partial charge in [-0.2, -0.15) is 0 Å². The molecule has 0 saturated carbocycles. The molecule has 1 aliphatic heterocycles. The number of alkyl carbamates (subject to hydrolysis) is 1. The molecule has 1 atom stereocenters. The zero-order chi connectivity index (χ0) is 11.3. The molecule has 0 aromatic carbocycles. The van der Waals surface area contributed by atoms with Gasteiger partial charge in [-0.25, -0.2) is 4.79 Å². The highest BCUT2D eigenvalue weighted by molar-refractivity contribution is 5.92. The van der Waals surface area contributed by atoms with E-state index in [1.807, 2.05) is 11.8 Å². The van der Waals surface area contributed by atoms with Gasteiger partial charge in [-0.1, -0.05) is 0 Å². The monoisotopic (exact) mass is 215 g/mol. The van der Waals surface area contributed by atoms with E-state index in [4.69, 9.17) is 0 Å². The number of hydrogen-bond donors (Lipinski definition) is 2. The van der Waals surface area contributed by atoms with E-state index in [9.17, 15) is 9.59 Å². The highest BCUT2D eigenvalue weighted by atomic mass is 16.5. The number of hydrogen-bond acceptors (Lipinski definition) is 5. The molecule has 1 saturated heterocycles. The van der Waals surface area contributed by atoms with E-state index in [1.54, 1.807) is 0 Å². The number of carbonyl (C=O) groups is 2. The van der Waals surface area contributed by atoms with Gasteiger partial charge >= 0.3 is 6.09 Å². The molecule has 0 aromatic heterocycles. The molecule has 86 valence electrons. The lowest BCUT2D eigenvalue weighted by atomic mass is 10.2. The van der Waals surface area contributed by atoms with Crippen molar-refractivity contribution in [3.63, 3.8) is 0 Å². The molecule has 0 bridgehead atoms. The molecular weight excluding hydrogens is 198 g/mol. The quantitative estimate of drug-likeness (QED) is 0.628.